The SMILES string of the molecule is N#Cc1ccc(CCC(=O)Nc2cnc(-c3ccccc3)nc2)cc1. The molecule has 122 valence electrons. The highest BCUT2D eigenvalue weighted by Crippen LogP contribution is 2.15. The summed E-state index contributed by atoms with van der Waals surface area (Å²) in [6, 6.07) is 19.0. The summed E-state index contributed by atoms with van der Waals surface area (Å²) in [5.41, 5.74) is 3.14. The maximum atomic E-state index is 12.0. The molecule has 0 spiro atoms. The normalized spacial score (nSPS) is 10.0. The Morgan fingerprint density at radius 1 is 1.00 bits per heavy atom. The van der Waals surface area contributed by atoms with Crippen LogP contribution in [0, 0.1) is 11.3 Å². The van der Waals surface area contributed by atoms with Gasteiger partial charge in [-0.15, -0.1) is 0 Å². The number of rotatable bonds is 5. The average molecular weight is 328 g/mol. The van der Waals surface area contributed by atoms with E-state index in [-0.39, 0.29) is 5.91 Å². The molecule has 3 aromatic rings. The Morgan fingerprint density at radius 3 is 2.32 bits per heavy atom. The number of nitrogens with one attached hydrogen (secondary N) is 1. The first-order valence-corrected chi connectivity index (χ1v) is 7.91. The van der Waals surface area contributed by atoms with Crippen LogP contribution in [0.3, 0.4) is 0 Å². The summed E-state index contributed by atoms with van der Waals surface area (Å²) in [7, 11) is 0. The molecule has 0 aliphatic heterocycles. The molecule has 0 saturated carbocycles. The van der Waals surface area contributed by atoms with Gasteiger partial charge in [-0.2, -0.15) is 5.26 Å². The number of carbonyl (C=O) groups is 1. The number of hydrogen-bond acceptors (Lipinski definition) is 4. The lowest BCUT2D eigenvalue weighted by Gasteiger charge is -2.06. The van der Waals surface area contributed by atoms with Crippen molar-refractivity contribution >= 4 is 11.6 Å². The Balaban J connectivity index is 1.55. The molecule has 0 aliphatic rings. The molecule has 2 aromatic carbocycles. The zero-order valence-corrected chi connectivity index (χ0v) is 13.5. The molecule has 0 radical (unpaired) electrons. The minimum Gasteiger partial charge on any atom is -0.323 e. The second-order valence-corrected chi connectivity index (χ2v) is 5.52. The van der Waals surface area contributed by atoms with Gasteiger partial charge in [0.2, 0.25) is 5.91 Å². The van der Waals surface area contributed by atoms with Gasteiger partial charge in [-0.1, -0.05) is 42.5 Å². The van der Waals surface area contributed by atoms with Crippen molar-refractivity contribution in [1.82, 2.24) is 9.97 Å². The molecule has 0 fully saturated rings. The van der Waals surface area contributed by atoms with Gasteiger partial charge < -0.3 is 5.32 Å². The van der Waals surface area contributed by atoms with Crippen molar-refractivity contribution in [2.75, 3.05) is 5.32 Å². The zero-order chi connectivity index (χ0) is 17.5. The average Bonchev–Trinajstić information content (AvgIpc) is 2.68. The number of anilines is 1. The summed E-state index contributed by atoms with van der Waals surface area (Å²) >= 11 is 0. The van der Waals surface area contributed by atoms with E-state index in [1.54, 1.807) is 24.5 Å². The van der Waals surface area contributed by atoms with E-state index in [1.165, 1.54) is 0 Å². The molecule has 1 amide bonds. The van der Waals surface area contributed by atoms with Crippen LogP contribution in [-0.2, 0) is 11.2 Å². The Labute approximate surface area is 146 Å². The van der Waals surface area contributed by atoms with Gasteiger partial charge in [0, 0.05) is 12.0 Å². The standard InChI is InChI=1S/C20H16N4O/c21-12-16-8-6-15(7-9-16)10-11-19(25)24-18-13-22-20(23-14-18)17-4-2-1-3-5-17/h1-9,13-14H,10-11H2,(H,24,25). The van der Waals surface area contributed by atoms with Crippen molar-refractivity contribution < 1.29 is 4.79 Å². The Kier molecular flexibility index (Phi) is 5.13. The molecule has 0 saturated heterocycles. The first-order chi connectivity index (χ1) is 12.2. The van der Waals surface area contributed by atoms with Crippen LogP contribution < -0.4 is 5.32 Å². The zero-order valence-electron chi connectivity index (χ0n) is 13.5. The number of carbonyl (C=O) groups excluding carboxylic acids is 1. The fraction of sp³-hybridized carbons (Fsp3) is 0.100. The highest BCUT2D eigenvalue weighted by Gasteiger charge is 2.05. The van der Waals surface area contributed by atoms with E-state index in [1.807, 2.05) is 42.5 Å². The summed E-state index contributed by atoms with van der Waals surface area (Å²) in [6.45, 7) is 0. The summed E-state index contributed by atoms with van der Waals surface area (Å²) in [6.07, 6.45) is 4.18. The topological polar surface area (TPSA) is 78.7 Å². The van der Waals surface area contributed by atoms with Crippen LogP contribution in [0.4, 0.5) is 5.69 Å². The largest absolute Gasteiger partial charge is 0.323 e. The molecular formula is C20H16N4O. The first-order valence-electron chi connectivity index (χ1n) is 7.91. The van der Waals surface area contributed by atoms with Crippen LogP contribution in [-0.4, -0.2) is 15.9 Å². The Hall–Kier alpha value is -3.52. The van der Waals surface area contributed by atoms with Crippen molar-refractivity contribution in [2.24, 2.45) is 0 Å². The van der Waals surface area contributed by atoms with Gasteiger partial charge in [0.05, 0.1) is 29.7 Å². The summed E-state index contributed by atoms with van der Waals surface area (Å²) in [4.78, 5) is 20.6. The number of nitriles is 1. The number of aryl methyl sites for hydroxylation is 1. The lowest BCUT2D eigenvalue weighted by atomic mass is 10.1. The maximum absolute atomic E-state index is 12.0. The van der Waals surface area contributed by atoms with Crippen LogP contribution in [0.2, 0.25) is 0 Å². The predicted molar refractivity (Wildman–Crippen MR) is 95.6 cm³/mol. The van der Waals surface area contributed by atoms with Gasteiger partial charge in [0.1, 0.15) is 0 Å². The predicted octanol–water partition coefficient (Wildman–Crippen LogP) is 3.59. The molecule has 25 heavy (non-hydrogen) atoms. The van der Waals surface area contributed by atoms with E-state index >= 15 is 0 Å². The first kappa shape index (κ1) is 16.3. The van der Waals surface area contributed by atoms with Crippen LogP contribution in [0.25, 0.3) is 11.4 Å². The molecule has 0 bridgehead atoms. The second-order valence-electron chi connectivity index (χ2n) is 5.52. The molecule has 1 aromatic heterocycles. The molecular weight excluding hydrogens is 312 g/mol. The number of nitrogens with zero attached hydrogens (tertiary/aromatic N) is 3. The smallest absolute Gasteiger partial charge is 0.224 e. The van der Waals surface area contributed by atoms with Gasteiger partial charge in [-0.05, 0) is 24.1 Å². The van der Waals surface area contributed by atoms with E-state index in [9.17, 15) is 4.79 Å². The summed E-state index contributed by atoms with van der Waals surface area (Å²) < 4.78 is 0. The molecule has 5 nitrogen and oxygen atoms in total. The van der Waals surface area contributed by atoms with Crippen LogP contribution in [0.1, 0.15) is 17.5 Å². The number of hydrogen-bond donors (Lipinski definition) is 1. The van der Waals surface area contributed by atoms with Crippen molar-refractivity contribution in [1.29, 1.82) is 5.26 Å². The molecule has 0 unspecified atom stereocenters. The fourth-order valence-corrected chi connectivity index (χ4v) is 2.36. The highest BCUT2D eigenvalue weighted by molar-refractivity contribution is 5.90. The van der Waals surface area contributed by atoms with E-state index < -0.39 is 0 Å². The molecule has 1 N–H and O–H groups in total. The number of amides is 1. The van der Waals surface area contributed by atoms with Gasteiger partial charge in [0.25, 0.3) is 0 Å². The lowest BCUT2D eigenvalue weighted by molar-refractivity contribution is -0.116. The van der Waals surface area contributed by atoms with E-state index in [0.717, 1.165) is 11.1 Å². The lowest BCUT2D eigenvalue weighted by Crippen LogP contribution is -2.12. The highest BCUT2D eigenvalue weighted by atomic mass is 16.1. The van der Waals surface area contributed by atoms with E-state index in [0.29, 0.717) is 29.9 Å². The Bertz CT molecular complexity index is 882. The fourth-order valence-electron chi connectivity index (χ4n) is 2.36. The Morgan fingerprint density at radius 2 is 1.68 bits per heavy atom. The monoisotopic (exact) mass is 328 g/mol. The molecule has 1 heterocycles. The number of aromatic nitrogens is 2. The number of benzene rings is 2. The van der Waals surface area contributed by atoms with E-state index in [4.69, 9.17) is 5.26 Å². The van der Waals surface area contributed by atoms with Crippen molar-refractivity contribution in [2.45, 2.75) is 12.8 Å². The molecule has 0 aliphatic carbocycles. The van der Waals surface area contributed by atoms with Crippen LogP contribution in [0.15, 0.2) is 67.0 Å². The van der Waals surface area contributed by atoms with Crippen LogP contribution >= 0.6 is 0 Å². The minimum atomic E-state index is -0.0968. The second kappa shape index (κ2) is 7.84. The van der Waals surface area contributed by atoms with E-state index in [2.05, 4.69) is 21.4 Å². The third kappa shape index (κ3) is 4.49. The van der Waals surface area contributed by atoms with Gasteiger partial charge >= 0.3 is 0 Å². The third-order valence-corrected chi connectivity index (χ3v) is 3.69. The van der Waals surface area contributed by atoms with Crippen molar-refractivity contribution in [3.8, 4) is 17.5 Å². The van der Waals surface area contributed by atoms with Crippen LogP contribution in [0.5, 0.6) is 0 Å². The third-order valence-electron chi connectivity index (χ3n) is 3.69. The van der Waals surface area contributed by atoms with Gasteiger partial charge in [-0.3, -0.25) is 4.79 Å². The minimum absolute atomic E-state index is 0.0968. The quantitative estimate of drug-likeness (QED) is 0.776. The van der Waals surface area contributed by atoms with Gasteiger partial charge in [-0.25, -0.2) is 9.97 Å². The molecule has 3 rings (SSSR count). The maximum Gasteiger partial charge on any atom is 0.224 e. The van der Waals surface area contributed by atoms with Gasteiger partial charge in [0.15, 0.2) is 5.82 Å². The summed E-state index contributed by atoms with van der Waals surface area (Å²) in [5.74, 6) is 0.525. The molecule has 0 atom stereocenters. The molecule has 5 heteroatoms. The summed E-state index contributed by atoms with van der Waals surface area (Å²) in [5, 5.41) is 11.6. The van der Waals surface area contributed by atoms with Crippen molar-refractivity contribution in [3.63, 3.8) is 0 Å². The van der Waals surface area contributed by atoms with Crippen molar-refractivity contribution in [3.05, 3.63) is 78.1 Å².